The van der Waals surface area contributed by atoms with Gasteiger partial charge in [-0.05, 0) is 31.6 Å². The Bertz CT molecular complexity index is 627. The topological polar surface area (TPSA) is 32.6 Å². The molecular weight excluding hydrogens is 234 g/mol. The second kappa shape index (κ2) is 6.01. The summed E-state index contributed by atoms with van der Waals surface area (Å²) in [7, 11) is 0. The first-order valence-electron chi connectivity index (χ1n) is 6.23. The van der Waals surface area contributed by atoms with Crippen LogP contribution in [0.1, 0.15) is 22.3 Å². The van der Waals surface area contributed by atoms with Gasteiger partial charge in [0.25, 0.3) is 0 Å². The van der Waals surface area contributed by atoms with E-state index in [-0.39, 0.29) is 0 Å². The van der Waals surface area contributed by atoms with Crippen molar-refractivity contribution in [3.63, 3.8) is 0 Å². The van der Waals surface area contributed by atoms with Crippen LogP contribution in [0.5, 0.6) is 0 Å². The highest BCUT2D eigenvalue weighted by Crippen LogP contribution is 2.10. The Balaban J connectivity index is 2.25. The molecule has 0 unspecified atom stereocenters. The molecule has 0 spiro atoms. The summed E-state index contributed by atoms with van der Waals surface area (Å²) < 4.78 is 0. The van der Waals surface area contributed by atoms with Gasteiger partial charge in [-0.3, -0.25) is 0 Å². The van der Waals surface area contributed by atoms with Crippen molar-refractivity contribution < 1.29 is 5.21 Å². The first kappa shape index (κ1) is 13.1. The van der Waals surface area contributed by atoms with Gasteiger partial charge in [-0.2, -0.15) is 0 Å². The molecule has 0 aromatic heterocycles. The predicted molar refractivity (Wildman–Crippen MR) is 79.7 cm³/mol. The number of hydrogen-bond donors (Lipinski definition) is 1. The van der Waals surface area contributed by atoms with E-state index in [2.05, 4.69) is 24.2 Å². The lowest BCUT2D eigenvalue weighted by molar-refractivity contribution is 0.320. The van der Waals surface area contributed by atoms with Crippen LogP contribution in [0, 0.1) is 13.8 Å². The van der Waals surface area contributed by atoms with Crippen LogP contribution in [0.25, 0.3) is 6.08 Å². The molecule has 19 heavy (non-hydrogen) atoms. The SMILES string of the molecule is Cc1cccc(C=CC(=NO)c2cccc(C)c2)c1. The summed E-state index contributed by atoms with van der Waals surface area (Å²) in [4.78, 5) is 0. The molecule has 0 atom stereocenters. The van der Waals surface area contributed by atoms with Crippen LogP contribution in [0.3, 0.4) is 0 Å². The lowest BCUT2D eigenvalue weighted by Crippen LogP contribution is -1.96. The van der Waals surface area contributed by atoms with Crippen LogP contribution < -0.4 is 0 Å². The van der Waals surface area contributed by atoms with E-state index in [0.29, 0.717) is 5.71 Å². The summed E-state index contributed by atoms with van der Waals surface area (Å²) in [6.07, 6.45) is 3.77. The molecular formula is C17H17NO. The van der Waals surface area contributed by atoms with Crippen LogP contribution in [-0.2, 0) is 0 Å². The fourth-order valence-corrected chi connectivity index (χ4v) is 1.94. The van der Waals surface area contributed by atoms with Gasteiger partial charge in [0.15, 0.2) is 0 Å². The molecule has 2 nitrogen and oxygen atoms in total. The predicted octanol–water partition coefficient (Wildman–Crippen LogP) is 4.20. The van der Waals surface area contributed by atoms with E-state index < -0.39 is 0 Å². The summed E-state index contributed by atoms with van der Waals surface area (Å²) in [5.74, 6) is 0. The first-order valence-corrected chi connectivity index (χ1v) is 6.23. The Morgan fingerprint density at radius 1 is 1.00 bits per heavy atom. The van der Waals surface area contributed by atoms with E-state index >= 15 is 0 Å². The van der Waals surface area contributed by atoms with Gasteiger partial charge in [-0.25, -0.2) is 0 Å². The van der Waals surface area contributed by atoms with Crippen molar-refractivity contribution in [2.24, 2.45) is 5.16 Å². The van der Waals surface area contributed by atoms with Crippen molar-refractivity contribution in [3.8, 4) is 0 Å². The summed E-state index contributed by atoms with van der Waals surface area (Å²) in [6, 6.07) is 16.1. The summed E-state index contributed by atoms with van der Waals surface area (Å²) in [5.41, 5.74) is 4.91. The van der Waals surface area contributed by atoms with Crippen molar-refractivity contribution in [3.05, 3.63) is 76.9 Å². The van der Waals surface area contributed by atoms with E-state index in [1.54, 1.807) is 0 Å². The Kier molecular flexibility index (Phi) is 4.14. The average molecular weight is 251 g/mol. The molecule has 0 radical (unpaired) electrons. The summed E-state index contributed by atoms with van der Waals surface area (Å²) in [6.45, 7) is 4.07. The van der Waals surface area contributed by atoms with Crippen LogP contribution in [0.4, 0.5) is 0 Å². The molecule has 96 valence electrons. The summed E-state index contributed by atoms with van der Waals surface area (Å²) >= 11 is 0. The molecule has 2 aromatic carbocycles. The summed E-state index contributed by atoms with van der Waals surface area (Å²) in [5, 5.41) is 12.5. The van der Waals surface area contributed by atoms with Gasteiger partial charge in [0, 0.05) is 5.56 Å². The monoisotopic (exact) mass is 251 g/mol. The highest BCUT2D eigenvalue weighted by molar-refractivity contribution is 6.10. The first-order chi connectivity index (χ1) is 9.19. The molecule has 0 heterocycles. The van der Waals surface area contributed by atoms with Crippen molar-refractivity contribution in [1.82, 2.24) is 0 Å². The number of rotatable bonds is 3. The number of benzene rings is 2. The smallest absolute Gasteiger partial charge is 0.109 e. The van der Waals surface area contributed by atoms with Gasteiger partial charge in [0.1, 0.15) is 5.71 Å². The third-order valence-corrected chi connectivity index (χ3v) is 2.90. The van der Waals surface area contributed by atoms with Crippen LogP contribution >= 0.6 is 0 Å². The molecule has 0 aliphatic heterocycles. The molecule has 0 amide bonds. The van der Waals surface area contributed by atoms with Crippen molar-refractivity contribution in [2.45, 2.75) is 13.8 Å². The van der Waals surface area contributed by atoms with Gasteiger partial charge in [-0.15, -0.1) is 0 Å². The lowest BCUT2D eigenvalue weighted by Gasteiger charge is -2.01. The molecule has 0 saturated carbocycles. The molecule has 0 aliphatic carbocycles. The minimum absolute atomic E-state index is 0.560. The molecule has 0 aliphatic rings. The van der Waals surface area contributed by atoms with Crippen LogP contribution in [0.2, 0.25) is 0 Å². The average Bonchev–Trinajstić information content (AvgIpc) is 2.40. The number of oxime groups is 1. The van der Waals surface area contributed by atoms with Crippen LogP contribution in [-0.4, -0.2) is 10.9 Å². The molecule has 0 saturated heterocycles. The van der Waals surface area contributed by atoms with Gasteiger partial charge < -0.3 is 5.21 Å². The number of nitrogens with zero attached hydrogens (tertiary/aromatic N) is 1. The third kappa shape index (κ3) is 3.55. The number of aryl methyl sites for hydroxylation is 2. The van der Waals surface area contributed by atoms with E-state index in [1.165, 1.54) is 5.56 Å². The third-order valence-electron chi connectivity index (χ3n) is 2.90. The maximum absolute atomic E-state index is 9.14. The van der Waals surface area contributed by atoms with E-state index in [1.807, 2.05) is 55.5 Å². The standard InChI is InChI=1S/C17H17NO/c1-13-5-3-7-15(11-13)9-10-17(18-19)16-8-4-6-14(2)12-16/h3-12,19H,1-2H3. The molecule has 2 heteroatoms. The van der Waals surface area contributed by atoms with Crippen molar-refractivity contribution in [1.29, 1.82) is 0 Å². The fourth-order valence-electron chi connectivity index (χ4n) is 1.94. The second-order valence-electron chi connectivity index (χ2n) is 4.60. The zero-order valence-electron chi connectivity index (χ0n) is 11.2. The Labute approximate surface area is 113 Å². The van der Waals surface area contributed by atoms with Gasteiger partial charge in [0.2, 0.25) is 0 Å². The zero-order valence-corrected chi connectivity index (χ0v) is 11.2. The van der Waals surface area contributed by atoms with Crippen LogP contribution in [0.15, 0.2) is 59.8 Å². The lowest BCUT2D eigenvalue weighted by atomic mass is 10.1. The van der Waals surface area contributed by atoms with Gasteiger partial charge in [0.05, 0.1) is 0 Å². The Morgan fingerprint density at radius 2 is 1.68 bits per heavy atom. The fraction of sp³-hybridized carbons (Fsp3) is 0.118. The Hall–Kier alpha value is -2.35. The van der Waals surface area contributed by atoms with E-state index in [4.69, 9.17) is 5.21 Å². The minimum atomic E-state index is 0.560. The number of allylic oxidation sites excluding steroid dienone is 1. The number of hydrogen-bond acceptors (Lipinski definition) is 2. The van der Waals surface area contributed by atoms with Gasteiger partial charge in [-0.1, -0.05) is 64.8 Å². The molecule has 2 aromatic rings. The van der Waals surface area contributed by atoms with E-state index in [0.717, 1.165) is 16.7 Å². The zero-order chi connectivity index (χ0) is 13.7. The molecule has 0 fully saturated rings. The Morgan fingerprint density at radius 3 is 2.32 bits per heavy atom. The highest BCUT2D eigenvalue weighted by atomic mass is 16.4. The second-order valence-corrected chi connectivity index (χ2v) is 4.60. The highest BCUT2D eigenvalue weighted by Gasteiger charge is 2.00. The van der Waals surface area contributed by atoms with Crippen molar-refractivity contribution in [2.75, 3.05) is 0 Å². The van der Waals surface area contributed by atoms with Gasteiger partial charge >= 0.3 is 0 Å². The largest absolute Gasteiger partial charge is 0.410 e. The quantitative estimate of drug-likeness (QED) is 0.495. The maximum Gasteiger partial charge on any atom is 0.109 e. The molecule has 1 N–H and O–H groups in total. The molecule has 0 bridgehead atoms. The molecule has 2 rings (SSSR count). The normalized spacial score (nSPS) is 12.0. The maximum atomic E-state index is 9.14. The van der Waals surface area contributed by atoms with E-state index in [9.17, 15) is 0 Å². The van der Waals surface area contributed by atoms with Crippen molar-refractivity contribution >= 4 is 11.8 Å². The minimum Gasteiger partial charge on any atom is -0.410 e.